The van der Waals surface area contributed by atoms with Gasteiger partial charge in [0.25, 0.3) is 0 Å². The van der Waals surface area contributed by atoms with E-state index in [0.29, 0.717) is 5.92 Å². The lowest BCUT2D eigenvalue weighted by molar-refractivity contribution is 0.00386. The van der Waals surface area contributed by atoms with Crippen molar-refractivity contribution in [3.63, 3.8) is 0 Å². The topological polar surface area (TPSA) is 0 Å². The lowest BCUT2D eigenvalue weighted by atomic mass is 9.51. The van der Waals surface area contributed by atoms with Crippen LogP contribution in [0, 0.1) is 36.0 Å². The lowest BCUT2D eigenvalue weighted by Gasteiger charge is -2.57. The first kappa shape index (κ1) is 8.18. The van der Waals surface area contributed by atoms with Crippen molar-refractivity contribution >= 4 is 11.6 Å². The standard InChI is InChI=1S/C12H15Cl/c1-2-11-10-4-8-3-9(5-10)7-12(11,13)6-8/h1,8-11H,3-7H2. The first-order chi connectivity index (χ1) is 6.21. The van der Waals surface area contributed by atoms with Crippen LogP contribution < -0.4 is 0 Å². The molecule has 4 bridgehead atoms. The summed E-state index contributed by atoms with van der Waals surface area (Å²) >= 11 is 6.65. The summed E-state index contributed by atoms with van der Waals surface area (Å²) in [5.74, 6) is 5.90. The number of hydrogen-bond acceptors (Lipinski definition) is 0. The summed E-state index contributed by atoms with van der Waals surface area (Å²) in [7, 11) is 0. The Labute approximate surface area is 85.0 Å². The van der Waals surface area contributed by atoms with Crippen LogP contribution in [0.2, 0.25) is 0 Å². The van der Waals surface area contributed by atoms with Crippen molar-refractivity contribution in [2.75, 3.05) is 0 Å². The Kier molecular flexibility index (Phi) is 1.54. The summed E-state index contributed by atoms with van der Waals surface area (Å²) in [6, 6.07) is 0. The van der Waals surface area contributed by atoms with Crippen molar-refractivity contribution in [1.82, 2.24) is 0 Å². The van der Waals surface area contributed by atoms with E-state index in [2.05, 4.69) is 5.92 Å². The fourth-order valence-corrected chi connectivity index (χ4v) is 4.90. The van der Waals surface area contributed by atoms with Gasteiger partial charge in [-0.05, 0) is 49.9 Å². The highest BCUT2D eigenvalue weighted by atomic mass is 35.5. The van der Waals surface area contributed by atoms with E-state index in [1.807, 2.05) is 0 Å². The molecule has 3 unspecified atom stereocenters. The molecule has 4 saturated carbocycles. The second kappa shape index (κ2) is 2.45. The summed E-state index contributed by atoms with van der Waals surface area (Å²) in [5, 5.41) is 0. The van der Waals surface area contributed by atoms with E-state index in [-0.39, 0.29) is 4.87 Å². The molecule has 0 nitrogen and oxygen atoms in total. The van der Waals surface area contributed by atoms with Crippen LogP contribution in [0.4, 0.5) is 0 Å². The predicted octanol–water partition coefficient (Wildman–Crippen LogP) is 3.05. The van der Waals surface area contributed by atoms with Crippen LogP contribution >= 0.6 is 11.6 Å². The molecule has 0 N–H and O–H groups in total. The van der Waals surface area contributed by atoms with Crippen molar-refractivity contribution in [1.29, 1.82) is 0 Å². The maximum Gasteiger partial charge on any atom is 0.0591 e. The Hall–Kier alpha value is -0.150. The molecule has 13 heavy (non-hydrogen) atoms. The maximum absolute atomic E-state index is 6.65. The van der Waals surface area contributed by atoms with Crippen molar-refractivity contribution in [2.24, 2.45) is 23.7 Å². The Morgan fingerprint density at radius 2 is 1.77 bits per heavy atom. The fraction of sp³-hybridized carbons (Fsp3) is 0.833. The molecule has 0 amide bonds. The SMILES string of the molecule is C#CC1C2CC3CC(C2)CC1(Cl)C3. The second-order valence-electron chi connectivity index (χ2n) is 5.29. The van der Waals surface area contributed by atoms with E-state index < -0.39 is 0 Å². The minimum Gasteiger partial charge on any atom is -0.120 e. The van der Waals surface area contributed by atoms with Crippen molar-refractivity contribution in [2.45, 2.75) is 37.0 Å². The molecule has 0 spiro atoms. The van der Waals surface area contributed by atoms with Crippen LogP contribution in [0.5, 0.6) is 0 Å². The molecule has 1 heteroatoms. The van der Waals surface area contributed by atoms with Gasteiger partial charge in [0, 0.05) is 5.92 Å². The number of terminal acetylenes is 1. The average Bonchev–Trinajstić information content (AvgIpc) is 2.00. The van der Waals surface area contributed by atoms with Gasteiger partial charge in [0.2, 0.25) is 0 Å². The monoisotopic (exact) mass is 194 g/mol. The van der Waals surface area contributed by atoms with Gasteiger partial charge in [-0.15, -0.1) is 23.9 Å². The Morgan fingerprint density at radius 3 is 2.23 bits per heavy atom. The zero-order valence-electron chi connectivity index (χ0n) is 7.80. The van der Waals surface area contributed by atoms with E-state index >= 15 is 0 Å². The summed E-state index contributed by atoms with van der Waals surface area (Å²) in [6.07, 6.45) is 12.1. The molecule has 0 saturated heterocycles. The zero-order chi connectivity index (χ0) is 9.05. The Morgan fingerprint density at radius 1 is 1.15 bits per heavy atom. The average molecular weight is 195 g/mol. The van der Waals surface area contributed by atoms with Gasteiger partial charge in [-0.3, -0.25) is 0 Å². The van der Waals surface area contributed by atoms with Gasteiger partial charge in [0.05, 0.1) is 4.87 Å². The number of halogens is 1. The number of alkyl halides is 1. The predicted molar refractivity (Wildman–Crippen MR) is 54.5 cm³/mol. The molecule has 4 aliphatic carbocycles. The van der Waals surface area contributed by atoms with Gasteiger partial charge >= 0.3 is 0 Å². The number of rotatable bonds is 0. The van der Waals surface area contributed by atoms with Crippen LogP contribution in [0.15, 0.2) is 0 Å². The first-order valence-corrected chi connectivity index (χ1v) is 5.74. The highest BCUT2D eigenvalue weighted by Gasteiger charge is 2.55. The lowest BCUT2D eigenvalue weighted by Crippen LogP contribution is -2.53. The minimum absolute atomic E-state index is 0.00347. The van der Waals surface area contributed by atoms with E-state index in [9.17, 15) is 0 Å². The molecule has 0 aromatic rings. The molecule has 0 aliphatic heterocycles. The van der Waals surface area contributed by atoms with Crippen molar-refractivity contribution < 1.29 is 0 Å². The molecular formula is C12H15Cl. The van der Waals surface area contributed by atoms with Crippen LogP contribution in [-0.2, 0) is 0 Å². The summed E-state index contributed by atoms with van der Waals surface area (Å²) < 4.78 is 0. The Balaban J connectivity index is 1.99. The quantitative estimate of drug-likeness (QED) is 0.411. The molecule has 3 atom stereocenters. The van der Waals surface area contributed by atoms with E-state index in [1.54, 1.807) is 0 Å². The van der Waals surface area contributed by atoms with Gasteiger partial charge in [-0.2, -0.15) is 0 Å². The van der Waals surface area contributed by atoms with Crippen LogP contribution in [0.25, 0.3) is 0 Å². The maximum atomic E-state index is 6.65. The van der Waals surface area contributed by atoms with Gasteiger partial charge in [-0.25, -0.2) is 0 Å². The van der Waals surface area contributed by atoms with Gasteiger partial charge < -0.3 is 0 Å². The highest BCUT2D eigenvalue weighted by Crippen LogP contribution is 2.60. The molecule has 4 fully saturated rings. The third kappa shape index (κ3) is 1.00. The normalized spacial score (nSPS) is 57.8. The minimum atomic E-state index is 0.00347. The van der Waals surface area contributed by atoms with Crippen LogP contribution in [-0.4, -0.2) is 4.87 Å². The molecule has 0 heterocycles. The zero-order valence-corrected chi connectivity index (χ0v) is 8.56. The van der Waals surface area contributed by atoms with E-state index in [1.165, 1.54) is 32.1 Å². The highest BCUT2D eigenvalue weighted by molar-refractivity contribution is 6.24. The van der Waals surface area contributed by atoms with Crippen molar-refractivity contribution in [3.8, 4) is 12.3 Å². The second-order valence-corrected chi connectivity index (χ2v) is 6.04. The molecular weight excluding hydrogens is 180 g/mol. The largest absolute Gasteiger partial charge is 0.120 e. The number of hydrogen-bond donors (Lipinski definition) is 0. The van der Waals surface area contributed by atoms with Crippen molar-refractivity contribution in [3.05, 3.63) is 0 Å². The third-order valence-corrected chi connectivity index (χ3v) is 4.95. The molecule has 0 radical (unpaired) electrons. The first-order valence-electron chi connectivity index (χ1n) is 5.36. The van der Waals surface area contributed by atoms with E-state index in [4.69, 9.17) is 18.0 Å². The molecule has 4 aliphatic rings. The molecule has 4 rings (SSSR count). The summed E-state index contributed by atoms with van der Waals surface area (Å²) in [6.45, 7) is 0. The van der Waals surface area contributed by atoms with Crippen LogP contribution in [0.3, 0.4) is 0 Å². The third-order valence-electron chi connectivity index (χ3n) is 4.40. The molecule has 0 aromatic carbocycles. The van der Waals surface area contributed by atoms with Gasteiger partial charge in [0.1, 0.15) is 0 Å². The summed E-state index contributed by atoms with van der Waals surface area (Å²) in [4.78, 5) is 0.00347. The molecule has 70 valence electrons. The molecule has 0 aromatic heterocycles. The van der Waals surface area contributed by atoms with Crippen LogP contribution in [0.1, 0.15) is 32.1 Å². The summed E-state index contributed by atoms with van der Waals surface area (Å²) in [5.41, 5.74) is 0. The smallest absolute Gasteiger partial charge is 0.0591 e. The Bertz CT molecular complexity index is 261. The van der Waals surface area contributed by atoms with Gasteiger partial charge in [0.15, 0.2) is 0 Å². The van der Waals surface area contributed by atoms with Gasteiger partial charge in [-0.1, -0.05) is 0 Å². The van der Waals surface area contributed by atoms with E-state index in [0.717, 1.165) is 17.8 Å². The fourth-order valence-electron chi connectivity index (χ4n) is 4.23.